The molecule has 0 saturated carbocycles. The summed E-state index contributed by atoms with van der Waals surface area (Å²) in [4.78, 5) is 19.0. The molecule has 5 nitrogen and oxygen atoms in total. The summed E-state index contributed by atoms with van der Waals surface area (Å²) < 4.78 is 5.15. The molecule has 0 aliphatic carbocycles. The number of rotatable bonds is 2. The molecule has 1 aromatic carbocycles. The van der Waals surface area contributed by atoms with Gasteiger partial charge in [-0.05, 0) is 39.0 Å². The highest BCUT2D eigenvalue weighted by molar-refractivity contribution is 5.77. The Kier molecular flexibility index (Phi) is 3.66. The summed E-state index contributed by atoms with van der Waals surface area (Å²) in [5, 5.41) is 2.65. The van der Waals surface area contributed by atoms with E-state index in [1.165, 1.54) is 0 Å². The Balaban J connectivity index is 2.04. The molecular formula is C15H17N3O2. The van der Waals surface area contributed by atoms with Crippen molar-refractivity contribution in [3.8, 4) is 12.3 Å². The van der Waals surface area contributed by atoms with E-state index < -0.39 is 11.7 Å². The third-order valence-corrected chi connectivity index (χ3v) is 2.50. The van der Waals surface area contributed by atoms with Crippen LogP contribution in [0.25, 0.3) is 11.0 Å². The number of carbonyl (C=O) groups excluding carboxylic acids is 1. The molecule has 0 fully saturated rings. The zero-order valence-electron chi connectivity index (χ0n) is 11.8. The van der Waals surface area contributed by atoms with Gasteiger partial charge < -0.3 is 15.0 Å². The molecule has 2 aromatic rings. The van der Waals surface area contributed by atoms with Crippen molar-refractivity contribution in [2.24, 2.45) is 0 Å². The second-order valence-electron chi connectivity index (χ2n) is 5.42. The maximum Gasteiger partial charge on any atom is 0.408 e. The molecule has 20 heavy (non-hydrogen) atoms. The van der Waals surface area contributed by atoms with Gasteiger partial charge in [0, 0.05) is 5.56 Å². The fraction of sp³-hybridized carbons (Fsp3) is 0.333. The van der Waals surface area contributed by atoms with Crippen LogP contribution >= 0.6 is 0 Å². The van der Waals surface area contributed by atoms with Crippen LogP contribution in [0.3, 0.4) is 0 Å². The fourth-order valence-corrected chi connectivity index (χ4v) is 1.71. The van der Waals surface area contributed by atoms with Crippen LogP contribution in [0.4, 0.5) is 4.79 Å². The van der Waals surface area contributed by atoms with Crippen molar-refractivity contribution in [3.63, 3.8) is 0 Å². The number of imidazole rings is 1. The number of aromatic amines is 1. The number of ether oxygens (including phenoxy) is 1. The molecule has 0 aliphatic rings. The minimum atomic E-state index is -0.514. The Labute approximate surface area is 117 Å². The summed E-state index contributed by atoms with van der Waals surface area (Å²) in [6.07, 6.45) is 4.88. The smallest absolute Gasteiger partial charge is 0.408 e. The van der Waals surface area contributed by atoms with Gasteiger partial charge >= 0.3 is 6.09 Å². The van der Waals surface area contributed by atoms with Crippen molar-refractivity contribution in [2.75, 3.05) is 0 Å². The average Bonchev–Trinajstić information content (AvgIpc) is 2.75. The lowest BCUT2D eigenvalue weighted by atomic mass is 10.2. The molecule has 2 rings (SSSR count). The summed E-state index contributed by atoms with van der Waals surface area (Å²) >= 11 is 0. The summed E-state index contributed by atoms with van der Waals surface area (Å²) in [5.41, 5.74) is 1.93. The molecule has 0 saturated heterocycles. The third kappa shape index (κ3) is 3.51. The highest BCUT2D eigenvalue weighted by atomic mass is 16.6. The number of aromatic nitrogens is 2. The second-order valence-corrected chi connectivity index (χ2v) is 5.42. The number of nitrogens with one attached hydrogen (secondary N) is 2. The molecule has 0 atom stereocenters. The van der Waals surface area contributed by atoms with E-state index >= 15 is 0 Å². The first kappa shape index (κ1) is 13.9. The summed E-state index contributed by atoms with van der Waals surface area (Å²) in [6, 6.07) is 5.52. The van der Waals surface area contributed by atoms with Gasteiger partial charge in [-0.2, -0.15) is 0 Å². The molecule has 0 aliphatic heterocycles. The SMILES string of the molecule is C#Cc1ccc2nc(CNC(=O)OC(C)(C)C)[nH]c2c1. The van der Waals surface area contributed by atoms with Gasteiger partial charge in [0.25, 0.3) is 0 Å². The van der Waals surface area contributed by atoms with Crippen LogP contribution < -0.4 is 5.32 Å². The zero-order chi connectivity index (χ0) is 14.8. The number of hydrogen-bond donors (Lipinski definition) is 2. The predicted molar refractivity (Wildman–Crippen MR) is 77.1 cm³/mol. The van der Waals surface area contributed by atoms with Crippen molar-refractivity contribution in [3.05, 3.63) is 29.6 Å². The Bertz CT molecular complexity index is 674. The lowest BCUT2D eigenvalue weighted by Gasteiger charge is -2.19. The van der Waals surface area contributed by atoms with Gasteiger partial charge in [0.05, 0.1) is 17.6 Å². The molecule has 1 aromatic heterocycles. The standard InChI is InChI=1S/C15H17N3O2/c1-5-10-6-7-11-12(8-10)18-13(17-11)9-16-14(19)20-15(2,3)4/h1,6-8H,9H2,2-4H3,(H,16,19)(H,17,18). The van der Waals surface area contributed by atoms with Crippen LogP contribution in [0.5, 0.6) is 0 Å². The van der Waals surface area contributed by atoms with Gasteiger partial charge in [-0.3, -0.25) is 0 Å². The van der Waals surface area contributed by atoms with Gasteiger partial charge in [-0.15, -0.1) is 6.42 Å². The van der Waals surface area contributed by atoms with Crippen molar-refractivity contribution < 1.29 is 9.53 Å². The summed E-state index contributed by atoms with van der Waals surface area (Å²) in [7, 11) is 0. The molecule has 5 heteroatoms. The van der Waals surface area contributed by atoms with Gasteiger partial charge in [0.15, 0.2) is 0 Å². The van der Waals surface area contributed by atoms with Gasteiger partial charge in [0.2, 0.25) is 0 Å². The van der Waals surface area contributed by atoms with Crippen LogP contribution in [-0.2, 0) is 11.3 Å². The van der Waals surface area contributed by atoms with Crippen molar-refractivity contribution in [1.82, 2.24) is 15.3 Å². The first-order valence-electron chi connectivity index (χ1n) is 6.29. The number of terminal acetylenes is 1. The number of H-pyrrole nitrogens is 1. The predicted octanol–water partition coefficient (Wildman–Crippen LogP) is 2.57. The molecule has 0 unspecified atom stereocenters. The quantitative estimate of drug-likeness (QED) is 0.825. The minimum Gasteiger partial charge on any atom is -0.444 e. The highest BCUT2D eigenvalue weighted by Gasteiger charge is 2.16. The van der Waals surface area contributed by atoms with Crippen LogP contribution in [0.15, 0.2) is 18.2 Å². The molecule has 1 heterocycles. The largest absolute Gasteiger partial charge is 0.444 e. The zero-order valence-corrected chi connectivity index (χ0v) is 11.8. The van der Waals surface area contributed by atoms with E-state index in [0.717, 1.165) is 16.6 Å². The van der Waals surface area contributed by atoms with E-state index in [1.54, 1.807) is 0 Å². The van der Waals surface area contributed by atoms with Crippen molar-refractivity contribution in [2.45, 2.75) is 32.9 Å². The maximum atomic E-state index is 11.5. The van der Waals surface area contributed by atoms with Crippen molar-refractivity contribution >= 4 is 17.1 Å². The lowest BCUT2D eigenvalue weighted by molar-refractivity contribution is 0.0522. The van der Waals surface area contributed by atoms with Gasteiger partial charge in [-0.1, -0.05) is 5.92 Å². The van der Waals surface area contributed by atoms with E-state index in [2.05, 4.69) is 21.2 Å². The van der Waals surface area contributed by atoms with Crippen LogP contribution in [-0.4, -0.2) is 21.7 Å². The fourth-order valence-electron chi connectivity index (χ4n) is 1.71. The number of benzene rings is 1. The Morgan fingerprint density at radius 3 is 2.90 bits per heavy atom. The Morgan fingerprint density at radius 1 is 1.50 bits per heavy atom. The average molecular weight is 271 g/mol. The normalized spacial score (nSPS) is 11.1. The number of hydrogen-bond acceptors (Lipinski definition) is 3. The first-order chi connectivity index (χ1) is 9.37. The van der Waals surface area contributed by atoms with E-state index in [4.69, 9.17) is 11.2 Å². The van der Waals surface area contributed by atoms with E-state index in [9.17, 15) is 4.79 Å². The van der Waals surface area contributed by atoms with Crippen LogP contribution in [0, 0.1) is 12.3 Å². The van der Waals surface area contributed by atoms with Gasteiger partial charge in [0.1, 0.15) is 11.4 Å². The van der Waals surface area contributed by atoms with E-state index in [0.29, 0.717) is 5.82 Å². The molecule has 0 radical (unpaired) electrons. The monoisotopic (exact) mass is 271 g/mol. The lowest BCUT2D eigenvalue weighted by Crippen LogP contribution is -2.32. The Morgan fingerprint density at radius 2 is 2.25 bits per heavy atom. The topological polar surface area (TPSA) is 67.0 Å². The molecule has 104 valence electrons. The van der Waals surface area contributed by atoms with Gasteiger partial charge in [-0.25, -0.2) is 9.78 Å². The van der Waals surface area contributed by atoms with Crippen LogP contribution in [0.1, 0.15) is 32.2 Å². The molecule has 1 amide bonds. The minimum absolute atomic E-state index is 0.273. The van der Waals surface area contributed by atoms with E-state index in [-0.39, 0.29) is 6.54 Å². The molecule has 0 bridgehead atoms. The number of fused-ring (bicyclic) bond motifs is 1. The summed E-state index contributed by atoms with van der Waals surface area (Å²) in [6.45, 7) is 5.72. The highest BCUT2D eigenvalue weighted by Crippen LogP contribution is 2.13. The number of amides is 1. The van der Waals surface area contributed by atoms with Crippen LogP contribution in [0.2, 0.25) is 0 Å². The first-order valence-corrected chi connectivity index (χ1v) is 6.29. The van der Waals surface area contributed by atoms with E-state index in [1.807, 2.05) is 39.0 Å². The number of carbonyl (C=O) groups is 1. The number of alkyl carbamates (subject to hydrolysis) is 1. The third-order valence-electron chi connectivity index (χ3n) is 2.50. The summed E-state index contributed by atoms with van der Waals surface area (Å²) in [5.74, 6) is 3.22. The molecule has 0 spiro atoms. The molecular weight excluding hydrogens is 254 g/mol. The second kappa shape index (κ2) is 5.25. The Hall–Kier alpha value is -2.48. The number of nitrogens with zero attached hydrogens (tertiary/aromatic N) is 1. The van der Waals surface area contributed by atoms with Crippen molar-refractivity contribution in [1.29, 1.82) is 0 Å². The maximum absolute atomic E-state index is 11.5. The molecule has 2 N–H and O–H groups in total.